The summed E-state index contributed by atoms with van der Waals surface area (Å²) < 4.78 is 5.57. The minimum absolute atomic E-state index is 0.0805. The molecule has 0 saturated carbocycles. The average molecular weight is 312 g/mol. The number of carbonyl (C=O) groups excluding carboxylic acids is 1. The molecule has 2 unspecified atom stereocenters. The van der Waals surface area contributed by atoms with E-state index in [1.807, 2.05) is 24.3 Å². The Hall–Kier alpha value is -1.03. The van der Waals surface area contributed by atoms with Crippen LogP contribution in [-0.2, 0) is 4.79 Å². The van der Waals surface area contributed by atoms with Crippen molar-refractivity contribution in [3.8, 4) is 5.75 Å². The molecular weight excluding hydrogens is 294 g/mol. The van der Waals surface area contributed by atoms with Gasteiger partial charge < -0.3 is 10.1 Å². The Balaban J connectivity index is 2.12. The maximum Gasteiger partial charge on any atom is 0.228 e. The van der Waals surface area contributed by atoms with Crippen molar-refractivity contribution < 1.29 is 9.53 Å². The molecule has 0 radical (unpaired) electrons. The van der Waals surface area contributed by atoms with Crippen molar-refractivity contribution in [3.05, 3.63) is 29.8 Å². The Morgan fingerprint density at radius 2 is 2.33 bits per heavy atom. The van der Waals surface area contributed by atoms with Gasteiger partial charge in [0, 0.05) is 16.9 Å². The van der Waals surface area contributed by atoms with Crippen molar-refractivity contribution >= 4 is 21.8 Å². The maximum atomic E-state index is 12.3. The van der Waals surface area contributed by atoms with E-state index < -0.39 is 0 Å². The summed E-state index contributed by atoms with van der Waals surface area (Å²) in [6.07, 6.45) is 1.68. The van der Waals surface area contributed by atoms with Gasteiger partial charge in [0.15, 0.2) is 0 Å². The topological polar surface area (TPSA) is 38.3 Å². The highest BCUT2D eigenvalue weighted by molar-refractivity contribution is 9.09. The van der Waals surface area contributed by atoms with Crippen LogP contribution < -0.4 is 10.1 Å². The summed E-state index contributed by atoms with van der Waals surface area (Å²) in [5, 5.41) is 3.88. The second kappa shape index (κ2) is 6.23. The quantitative estimate of drug-likeness (QED) is 0.868. The van der Waals surface area contributed by atoms with Gasteiger partial charge in [-0.05, 0) is 18.9 Å². The van der Waals surface area contributed by atoms with Crippen LogP contribution in [-0.4, -0.2) is 23.9 Å². The number of amides is 1. The lowest BCUT2D eigenvalue weighted by Gasteiger charge is -2.26. The zero-order chi connectivity index (χ0) is 13.0. The summed E-state index contributed by atoms with van der Waals surface area (Å²) in [4.78, 5) is 12.3. The predicted molar refractivity (Wildman–Crippen MR) is 75.3 cm³/mol. The van der Waals surface area contributed by atoms with Gasteiger partial charge in [-0.1, -0.05) is 41.1 Å². The molecule has 2 atom stereocenters. The summed E-state index contributed by atoms with van der Waals surface area (Å²) in [6, 6.07) is 8.00. The number of benzene rings is 1. The number of hydrogen-bond acceptors (Lipinski definition) is 2. The van der Waals surface area contributed by atoms with Crippen LogP contribution in [0.4, 0.5) is 0 Å². The van der Waals surface area contributed by atoms with Crippen LogP contribution in [0, 0.1) is 0 Å². The molecule has 4 heteroatoms. The molecule has 1 aromatic carbocycles. The summed E-state index contributed by atoms with van der Waals surface area (Å²) in [6.45, 7) is 2.68. The lowest BCUT2D eigenvalue weighted by molar-refractivity contribution is -0.123. The van der Waals surface area contributed by atoms with E-state index in [2.05, 4.69) is 28.2 Å². The van der Waals surface area contributed by atoms with Gasteiger partial charge in [0.2, 0.25) is 5.91 Å². The number of carbonyl (C=O) groups is 1. The van der Waals surface area contributed by atoms with Gasteiger partial charge in [-0.2, -0.15) is 0 Å². The third kappa shape index (κ3) is 2.86. The highest BCUT2D eigenvalue weighted by atomic mass is 79.9. The SMILES string of the molecule is CCC(CBr)NC(=O)C1CCOc2ccccc21. The summed E-state index contributed by atoms with van der Waals surface area (Å²) in [5.41, 5.74) is 1.01. The molecule has 0 fully saturated rings. The Morgan fingerprint density at radius 3 is 3.06 bits per heavy atom. The second-order valence-electron chi connectivity index (χ2n) is 4.50. The molecule has 1 aliphatic rings. The number of rotatable bonds is 4. The van der Waals surface area contributed by atoms with Crippen LogP contribution in [0.1, 0.15) is 31.2 Å². The lowest BCUT2D eigenvalue weighted by atomic mass is 9.92. The molecule has 2 rings (SSSR count). The highest BCUT2D eigenvalue weighted by Gasteiger charge is 2.28. The van der Waals surface area contributed by atoms with Crippen LogP contribution in [0.15, 0.2) is 24.3 Å². The molecule has 98 valence electrons. The number of alkyl halides is 1. The smallest absolute Gasteiger partial charge is 0.228 e. The molecule has 1 amide bonds. The van der Waals surface area contributed by atoms with E-state index in [-0.39, 0.29) is 17.9 Å². The number of fused-ring (bicyclic) bond motifs is 1. The third-order valence-corrected chi connectivity index (χ3v) is 4.08. The van der Waals surface area contributed by atoms with Gasteiger partial charge >= 0.3 is 0 Å². The van der Waals surface area contributed by atoms with Crippen molar-refractivity contribution in [2.75, 3.05) is 11.9 Å². The molecular formula is C14H18BrNO2. The fourth-order valence-corrected chi connectivity index (χ4v) is 2.79. The van der Waals surface area contributed by atoms with E-state index in [0.717, 1.165) is 29.5 Å². The monoisotopic (exact) mass is 311 g/mol. The van der Waals surface area contributed by atoms with E-state index >= 15 is 0 Å². The molecule has 0 bridgehead atoms. The molecule has 3 nitrogen and oxygen atoms in total. The lowest BCUT2D eigenvalue weighted by Crippen LogP contribution is -2.40. The average Bonchev–Trinajstić information content (AvgIpc) is 2.43. The van der Waals surface area contributed by atoms with Gasteiger partial charge in [-0.3, -0.25) is 4.79 Å². The zero-order valence-electron chi connectivity index (χ0n) is 10.5. The Bertz CT molecular complexity index is 418. The van der Waals surface area contributed by atoms with Gasteiger partial charge in [-0.15, -0.1) is 0 Å². The fraction of sp³-hybridized carbons (Fsp3) is 0.500. The van der Waals surface area contributed by atoms with Crippen LogP contribution in [0.3, 0.4) is 0 Å². The molecule has 1 heterocycles. The van der Waals surface area contributed by atoms with Crippen LogP contribution in [0.25, 0.3) is 0 Å². The Kier molecular flexibility index (Phi) is 4.64. The van der Waals surface area contributed by atoms with E-state index in [4.69, 9.17) is 4.74 Å². The molecule has 1 aliphatic heterocycles. The summed E-state index contributed by atoms with van der Waals surface area (Å²) in [7, 11) is 0. The molecule has 1 aromatic rings. The first-order valence-electron chi connectivity index (χ1n) is 6.34. The Morgan fingerprint density at radius 1 is 1.56 bits per heavy atom. The number of ether oxygens (including phenoxy) is 1. The zero-order valence-corrected chi connectivity index (χ0v) is 12.1. The maximum absolute atomic E-state index is 12.3. The van der Waals surface area contributed by atoms with Crippen LogP contribution in [0.5, 0.6) is 5.75 Å². The number of halogens is 1. The van der Waals surface area contributed by atoms with Crippen molar-refractivity contribution in [1.29, 1.82) is 0 Å². The molecule has 0 aliphatic carbocycles. The van der Waals surface area contributed by atoms with Crippen molar-refractivity contribution in [2.45, 2.75) is 31.7 Å². The first kappa shape index (κ1) is 13.4. The van der Waals surface area contributed by atoms with Crippen molar-refractivity contribution in [3.63, 3.8) is 0 Å². The standard InChI is InChI=1S/C14H18BrNO2/c1-2-10(9-15)16-14(17)12-7-8-18-13-6-4-3-5-11(12)13/h3-6,10,12H,2,7-9H2,1H3,(H,16,17). The highest BCUT2D eigenvalue weighted by Crippen LogP contribution is 2.33. The third-order valence-electron chi connectivity index (χ3n) is 3.30. The molecule has 0 spiro atoms. The normalized spacial score (nSPS) is 19.6. The molecule has 1 N–H and O–H groups in total. The second-order valence-corrected chi connectivity index (χ2v) is 5.14. The number of hydrogen-bond donors (Lipinski definition) is 1. The van der Waals surface area contributed by atoms with Crippen molar-refractivity contribution in [2.24, 2.45) is 0 Å². The Labute approximate surface area is 116 Å². The summed E-state index contributed by atoms with van der Waals surface area (Å²) in [5.74, 6) is 0.871. The number of nitrogens with one attached hydrogen (secondary N) is 1. The van der Waals surface area contributed by atoms with Crippen LogP contribution >= 0.6 is 15.9 Å². The van der Waals surface area contributed by atoms with Gasteiger partial charge in [0.1, 0.15) is 5.75 Å². The fourth-order valence-electron chi connectivity index (χ4n) is 2.17. The minimum atomic E-state index is -0.0805. The summed E-state index contributed by atoms with van der Waals surface area (Å²) >= 11 is 3.42. The van der Waals surface area contributed by atoms with Crippen molar-refractivity contribution in [1.82, 2.24) is 5.32 Å². The predicted octanol–water partition coefficient (Wildman–Crippen LogP) is 2.84. The molecule has 0 saturated heterocycles. The molecule has 0 aromatic heterocycles. The van der Waals surface area contributed by atoms with Gasteiger partial charge in [0.25, 0.3) is 0 Å². The van der Waals surface area contributed by atoms with Crippen LogP contribution in [0.2, 0.25) is 0 Å². The van der Waals surface area contributed by atoms with E-state index in [1.165, 1.54) is 0 Å². The first-order valence-corrected chi connectivity index (χ1v) is 7.46. The first-order chi connectivity index (χ1) is 8.76. The largest absolute Gasteiger partial charge is 0.493 e. The molecule has 18 heavy (non-hydrogen) atoms. The van der Waals surface area contributed by atoms with Gasteiger partial charge in [-0.25, -0.2) is 0 Å². The van der Waals surface area contributed by atoms with E-state index in [1.54, 1.807) is 0 Å². The van der Waals surface area contributed by atoms with Gasteiger partial charge in [0.05, 0.1) is 12.5 Å². The van der Waals surface area contributed by atoms with E-state index in [9.17, 15) is 4.79 Å². The van der Waals surface area contributed by atoms with E-state index in [0.29, 0.717) is 6.61 Å². The number of para-hydroxylation sites is 1. The minimum Gasteiger partial charge on any atom is -0.493 e.